The molecule has 0 atom stereocenters. The van der Waals surface area contributed by atoms with Gasteiger partial charge in [0, 0.05) is 17.7 Å². The van der Waals surface area contributed by atoms with Crippen molar-refractivity contribution in [3.63, 3.8) is 0 Å². The van der Waals surface area contributed by atoms with Crippen molar-refractivity contribution < 1.29 is 4.74 Å². The van der Waals surface area contributed by atoms with E-state index in [4.69, 9.17) is 15.7 Å². The number of ether oxygens (including phenoxy) is 1. The summed E-state index contributed by atoms with van der Waals surface area (Å²) in [4.78, 5) is 0. The molecular weight excluding hydrogens is 236 g/mol. The Labute approximate surface area is 113 Å². The van der Waals surface area contributed by atoms with Crippen molar-refractivity contribution in [3.05, 3.63) is 64.7 Å². The number of para-hydroxylation sites is 1. The molecule has 2 rings (SSSR count). The van der Waals surface area contributed by atoms with E-state index in [0.29, 0.717) is 18.7 Å². The van der Waals surface area contributed by atoms with Crippen LogP contribution in [0.5, 0.6) is 5.75 Å². The molecule has 19 heavy (non-hydrogen) atoms. The minimum atomic E-state index is 0.377. The standard InChI is InChI=1S/C16H16N2O/c1-12-5-4-8-14(10-18)16(12)19-11-15-7-3-2-6-13(15)9-17/h2-8H,10-11,18H2,1H3. The van der Waals surface area contributed by atoms with Gasteiger partial charge in [-0.2, -0.15) is 5.26 Å². The van der Waals surface area contributed by atoms with Gasteiger partial charge in [-0.15, -0.1) is 0 Å². The Bertz CT molecular complexity index is 614. The average Bonchev–Trinajstić information content (AvgIpc) is 2.46. The third-order valence-corrected chi connectivity index (χ3v) is 3.02. The normalized spacial score (nSPS) is 9.95. The molecule has 2 aromatic carbocycles. The van der Waals surface area contributed by atoms with Crippen LogP contribution in [-0.2, 0) is 13.2 Å². The van der Waals surface area contributed by atoms with Crippen LogP contribution in [0.15, 0.2) is 42.5 Å². The summed E-state index contributed by atoms with van der Waals surface area (Å²) >= 11 is 0. The zero-order chi connectivity index (χ0) is 13.7. The quantitative estimate of drug-likeness (QED) is 0.910. The lowest BCUT2D eigenvalue weighted by molar-refractivity contribution is 0.300. The van der Waals surface area contributed by atoms with E-state index < -0.39 is 0 Å². The number of rotatable bonds is 4. The third kappa shape index (κ3) is 2.93. The third-order valence-electron chi connectivity index (χ3n) is 3.02. The van der Waals surface area contributed by atoms with Gasteiger partial charge in [-0.25, -0.2) is 0 Å². The molecule has 0 spiro atoms. The van der Waals surface area contributed by atoms with E-state index in [1.807, 2.05) is 43.3 Å². The van der Waals surface area contributed by atoms with Crippen LogP contribution in [0.25, 0.3) is 0 Å². The van der Waals surface area contributed by atoms with Gasteiger partial charge in [-0.1, -0.05) is 36.4 Å². The van der Waals surface area contributed by atoms with E-state index in [-0.39, 0.29) is 0 Å². The number of hydrogen-bond acceptors (Lipinski definition) is 3. The molecule has 0 heterocycles. The lowest BCUT2D eigenvalue weighted by Crippen LogP contribution is -2.05. The maximum Gasteiger partial charge on any atom is 0.127 e. The first-order chi connectivity index (χ1) is 9.26. The maximum absolute atomic E-state index is 9.05. The van der Waals surface area contributed by atoms with Crippen molar-refractivity contribution in [3.8, 4) is 11.8 Å². The lowest BCUT2D eigenvalue weighted by Gasteiger charge is -2.13. The number of nitrogens with zero attached hydrogens (tertiary/aromatic N) is 1. The number of benzene rings is 2. The van der Waals surface area contributed by atoms with Gasteiger partial charge in [0.05, 0.1) is 11.6 Å². The summed E-state index contributed by atoms with van der Waals surface area (Å²) in [5.74, 6) is 0.817. The topological polar surface area (TPSA) is 59.0 Å². The SMILES string of the molecule is Cc1cccc(CN)c1OCc1ccccc1C#N. The molecule has 0 aliphatic carbocycles. The molecule has 0 aliphatic heterocycles. The van der Waals surface area contributed by atoms with E-state index in [1.54, 1.807) is 6.07 Å². The summed E-state index contributed by atoms with van der Waals surface area (Å²) in [7, 11) is 0. The van der Waals surface area contributed by atoms with Crippen molar-refractivity contribution in [2.24, 2.45) is 5.73 Å². The Morgan fingerprint density at radius 3 is 2.58 bits per heavy atom. The van der Waals surface area contributed by atoms with Gasteiger partial charge >= 0.3 is 0 Å². The second kappa shape index (κ2) is 6.03. The van der Waals surface area contributed by atoms with E-state index >= 15 is 0 Å². The Hall–Kier alpha value is -2.31. The predicted molar refractivity (Wildman–Crippen MR) is 74.6 cm³/mol. The van der Waals surface area contributed by atoms with Crippen LogP contribution in [0.1, 0.15) is 22.3 Å². The highest BCUT2D eigenvalue weighted by Gasteiger charge is 2.07. The second-order valence-corrected chi connectivity index (χ2v) is 4.32. The Morgan fingerprint density at radius 1 is 1.11 bits per heavy atom. The van der Waals surface area contributed by atoms with Crippen LogP contribution in [0, 0.1) is 18.3 Å². The fourth-order valence-electron chi connectivity index (χ4n) is 1.99. The summed E-state index contributed by atoms with van der Waals surface area (Å²) in [6, 6.07) is 15.5. The van der Waals surface area contributed by atoms with Crippen molar-refractivity contribution >= 4 is 0 Å². The minimum absolute atomic E-state index is 0.377. The van der Waals surface area contributed by atoms with Gasteiger partial charge < -0.3 is 10.5 Å². The van der Waals surface area contributed by atoms with Crippen LogP contribution in [-0.4, -0.2) is 0 Å². The van der Waals surface area contributed by atoms with E-state index in [2.05, 4.69) is 6.07 Å². The summed E-state index contributed by atoms with van der Waals surface area (Å²) in [6.07, 6.45) is 0. The largest absolute Gasteiger partial charge is 0.488 e. The van der Waals surface area contributed by atoms with Crippen LogP contribution in [0.2, 0.25) is 0 Å². The van der Waals surface area contributed by atoms with Gasteiger partial charge in [-0.05, 0) is 18.6 Å². The van der Waals surface area contributed by atoms with Gasteiger partial charge in [0.1, 0.15) is 12.4 Å². The Balaban J connectivity index is 2.22. The molecule has 0 aromatic heterocycles. The first kappa shape index (κ1) is 13.1. The van der Waals surface area contributed by atoms with Gasteiger partial charge in [0.2, 0.25) is 0 Å². The van der Waals surface area contributed by atoms with Crippen molar-refractivity contribution in [1.29, 1.82) is 5.26 Å². The molecule has 3 nitrogen and oxygen atoms in total. The number of hydrogen-bond donors (Lipinski definition) is 1. The molecule has 2 aromatic rings. The lowest BCUT2D eigenvalue weighted by atomic mass is 10.1. The molecule has 0 aliphatic rings. The highest BCUT2D eigenvalue weighted by Crippen LogP contribution is 2.24. The Morgan fingerprint density at radius 2 is 1.84 bits per heavy atom. The molecular formula is C16H16N2O. The molecule has 96 valence electrons. The molecule has 2 N–H and O–H groups in total. The molecule has 0 saturated carbocycles. The summed E-state index contributed by atoms with van der Waals surface area (Å²) in [6.45, 7) is 2.81. The van der Waals surface area contributed by atoms with Crippen molar-refractivity contribution in [2.75, 3.05) is 0 Å². The zero-order valence-corrected chi connectivity index (χ0v) is 10.9. The fourth-order valence-corrected chi connectivity index (χ4v) is 1.99. The highest BCUT2D eigenvalue weighted by atomic mass is 16.5. The van der Waals surface area contributed by atoms with Gasteiger partial charge in [0.15, 0.2) is 0 Å². The highest BCUT2D eigenvalue weighted by molar-refractivity contribution is 5.42. The fraction of sp³-hybridized carbons (Fsp3) is 0.188. The summed E-state index contributed by atoms with van der Waals surface area (Å²) in [5, 5.41) is 9.05. The van der Waals surface area contributed by atoms with E-state index in [9.17, 15) is 0 Å². The monoisotopic (exact) mass is 252 g/mol. The molecule has 0 amide bonds. The molecule has 3 heteroatoms. The minimum Gasteiger partial charge on any atom is -0.488 e. The van der Waals surface area contributed by atoms with E-state index in [0.717, 1.165) is 22.4 Å². The average molecular weight is 252 g/mol. The van der Waals surface area contributed by atoms with Gasteiger partial charge in [0.25, 0.3) is 0 Å². The smallest absolute Gasteiger partial charge is 0.127 e. The maximum atomic E-state index is 9.05. The number of aryl methyl sites for hydroxylation is 1. The van der Waals surface area contributed by atoms with Crippen molar-refractivity contribution in [1.82, 2.24) is 0 Å². The second-order valence-electron chi connectivity index (χ2n) is 4.32. The Kier molecular flexibility index (Phi) is 4.17. The molecule has 0 saturated heterocycles. The zero-order valence-electron chi connectivity index (χ0n) is 10.9. The molecule has 0 radical (unpaired) electrons. The first-order valence-electron chi connectivity index (χ1n) is 6.15. The molecule has 0 bridgehead atoms. The summed E-state index contributed by atoms with van der Waals surface area (Å²) in [5.41, 5.74) is 9.28. The summed E-state index contributed by atoms with van der Waals surface area (Å²) < 4.78 is 5.86. The number of nitriles is 1. The van der Waals surface area contributed by atoms with Crippen LogP contribution in [0.3, 0.4) is 0 Å². The van der Waals surface area contributed by atoms with Crippen molar-refractivity contribution in [2.45, 2.75) is 20.1 Å². The van der Waals surface area contributed by atoms with Crippen LogP contribution in [0.4, 0.5) is 0 Å². The predicted octanol–water partition coefficient (Wildman–Crippen LogP) is 2.90. The van der Waals surface area contributed by atoms with Gasteiger partial charge in [-0.3, -0.25) is 0 Å². The first-order valence-corrected chi connectivity index (χ1v) is 6.15. The van der Waals surface area contributed by atoms with E-state index in [1.165, 1.54) is 0 Å². The van der Waals surface area contributed by atoms with Crippen LogP contribution < -0.4 is 10.5 Å². The molecule has 0 unspecified atom stereocenters. The molecule has 0 fully saturated rings. The number of nitrogens with two attached hydrogens (primary N) is 1. The van der Waals surface area contributed by atoms with Crippen LogP contribution >= 0.6 is 0 Å².